The molecule has 0 radical (unpaired) electrons. The Hall–Kier alpha value is -2.62. The number of hydrogen-bond donors (Lipinski definition) is 2. The Morgan fingerprint density at radius 2 is 1.50 bits per heavy atom. The van der Waals surface area contributed by atoms with Gasteiger partial charge in [0.25, 0.3) is 0 Å². The molecule has 9 heteroatoms. The zero-order valence-corrected chi connectivity index (χ0v) is 21.0. The topological polar surface area (TPSA) is 93.5 Å². The molecule has 0 aromatic heterocycles. The normalized spacial score (nSPS) is 17.5. The fourth-order valence-electron chi connectivity index (χ4n) is 4.53. The van der Waals surface area contributed by atoms with Gasteiger partial charge in [0.15, 0.2) is 0 Å². The van der Waals surface area contributed by atoms with E-state index in [9.17, 15) is 0 Å². The van der Waals surface area contributed by atoms with Crippen LogP contribution in [-0.4, -0.2) is 84.4 Å². The van der Waals surface area contributed by atoms with E-state index in [0.717, 1.165) is 44.5 Å². The fraction of sp³-hybridized carbons (Fsp3) is 0.440. The summed E-state index contributed by atoms with van der Waals surface area (Å²) < 4.78 is 6.77. The molecule has 0 bridgehead atoms. The summed E-state index contributed by atoms with van der Waals surface area (Å²) in [5.74, 6) is -2.67. The Kier molecular flexibility index (Phi) is 9.74. The highest BCUT2D eigenvalue weighted by Gasteiger charge is 2.28. The number of rotatable bonds is 5. The monoisotopic (exact) mass is 533 g/mol. The van der Waals surface area contributed by atoms with E-state index in [0.29, 0.717) is 0 Å². The molecule has 0 saturated carbocycles. The van der Waals surface area contributed by atoms with Crippen LogP contribution >= 0.6 is 15.9 Å². The summed E-state index contributed by atoms with van der Waals surface area (Å²) in [5, 5.41) is 14.8. The van der Waals surface area contributed by atoms with Crippen molar-refractivity contribution in [3.8, 4) is 5.75 Å². The van der Waals surface area contributed by atoms with Crippen molar-refractivity contribution in [1.29, 1.82) is 0 Å². The van der Waals surface area contributed by atoms with Crippen molar-refractivity contribution in [2.45, 2.75) is 25.4 Å². The van der Waals surface area contributed by atoms with Crippen LogP contribution in [0.15, 0.2) is 53.0 Å². The minimum Gasteiger partial charge on any atom is -0.495 e. The van der Waals surface area contributed by atoms with Gasteiger partial charge < -0.3 is 19.8 Å². The van der Waals surface area contributed by atoms with Gasteiger partial charge in [-0.3, -0.25) is 9.80 Å². The first-order valence-corrected chi connectivity index (χ1v) is 12.2. The summed E-state index contributed by atoms with van der Waals surface area (Å²) in [4.78, 5) is 26.0. The first-order valence-electron chi connectivity index (χ1n) is 11.4. The molecule has 2 aliphatic heterocycles. The summed E-state index contributed by atoms with van der Waals surface area (Å²) in [7, 11) is 1.76. The standard InChI is InChI=1S/C23H30BrN3O.C2H2O4/c1-28-23-9-5-4-8-22(23)27-16-14-26(15-17-27)20-10-12-25(13-11-20)18-19-6-2-3-7-21(19)24;3-1(4)2(5)6/h2-9,20H,10-18H2,1H3;(H,3,4)(H,5,6). The van der Waals surface area contributed by atoms with Gasteiger partial charge in [-0.25, -0.2) is 9.59 Å². The van der Waals surface area contributed by atoms with Crippen LogP contribution in [0.5, 0.6) is 5.75 Å². The SMILES string of the molecule is COc1ccccc1N1CCN(C2CCN(Cc3ccccc3Br)CC2)CC1.O=C(O)C(=O)O. The first kappa shape index (κ1) is 26.0. The van der Waals surface area contributed by atoms with Gasteiger partial charge in [-0.05, 0) is 49.7 Å². The van der Waals surface area contributed by atoms with E-state index in [4.69, 9.17) is 24.5 Å². The molecule has 0 spiro atoms. The van der Waals surface area contributed by atoms with Gasteiger partial charge in [0.1, 0.15) is 5.75 Å². The average Bonchev–Trinajstić information content (AvgIpc) is 2.86. The predicted octanol–water partition coefficient (Wildman–Crippen LogP) is 3.40. The number of piperidine rings is 1. The van der Waals surface area contributed by atoms with E-state index in [-0.39, 0.29) is 0 Å². The van der Waals surface area contributed by atoms with E-state index >= 15 is 0 Å². The molecule has 184 valence electrons. The number of nitrogens with zero attached hydrogens (tertiary/aromatic N) is 3. The summed E-state index contributed by atoms with van der Waals surface area (Å²) in [6.45, 7) is 7.89. The highest BCUT2D eigenvalue weighted by atomic mass is 79.9. The van der Waals surface area contributed by atoms with E-state index in [1.165, 1.54) is 41.7 Å². The van der Waals surface area contributed by atoms with Crippen LogP contribution in [0.4, 0.5) is 5.69 Å². The molecule has 0 unspecified atom stereocenters. The average molecular weight is 534 g/mol. The molecule has 2 fully saturated rings. The Bertz CT molecular complexity index is 945. The van der Waals surface area contributed by atoms with Crippen LogP contribution in [0.25, 0.3) is 0 Å². The van der Waals surface area contributed by atoms with Gasteiger partial charge >= 0.3 is 11.9 Å². The number of aliphatic carboxylic acids is 2. The fourth-order valence-corrected chi connectivity index (χ4v) is 4.94. The molecule has 8 nitrogen and oxygen atoms in total. The number of carboxylic acids is 2. The third-order valence-electron chi connectivity index (χ3n) is 6.35. The summed E-state index contributed by atoms with van der Waals surface area (Å²) in [6, 6.07) is 17.7. The number of piperazine rings is 1. The van der Waals surface area contributed by atoms with Gasteiger partial charge in [-0.15, -0.1) is 0 Å². The van der Waals surface area contributed by atoms with Crippen molar-refractivity contribution in [3.63, 3.8) is 0 Å². The molecule has 2 heterocycles. The van der Waals surface area contributed by atoms with Crippen molar-refractivity contribution in [3.05, 3.63) is 58.6 Å². The molecule has 2 N–H and O–H groups in total. The number of para-hydroxylation sites is 2. The molecule has 34 heavy (non-hydrogen) atoms. The van der Waals surface area contributed by atoms with Crippen LogP contribution in [0.2, 0.25) is 0 Å². The van der Waals surface area contributed by atoms with Gasteiger partial charge in [0, 0.05) is 43.2 Å². The van der Waals surface area contributed by atoms with Gasteiger partial charge in [0.2, 0.25) is 0 Å². The number of carboxylic acid groups (broad SMARTS) is 2. The number of benzene rings is 2. The molecule has 2 aliphatic rings. The molecule has 2 aromatic rings. The highest BCUT2D eigenvalue weighted by molar-refractivity contribution is 9.10. The second kappa shape index (κ2) is 12.7. The summed E-state index contributed by atoms with van der Waals surface area (Å²) in [5.41, 5.74) is 2.62. The maximum absolute atomic E-state index is 9.10. The third-order valence-corrected chi connectivity index (χ3v) is 7.12. The quantitative estimate of drug-likeness (QED) is 0.564. The molecule has 0 aliphatic carbocycles. The van der Waals surface area contributed by atoms with E-state index < -0.39 is 11.9 Å². The molecule has 0 atom stereocenters. The minimum atomic E-state index is -1.82. The van der Waals surface area contributed by atoms with Crippen LogP contribution < -0.4 is 9.64 Å². The molecular formula is C25H32BrN3O5. The Balaban J connectivity index is 0.000000481. The lowest BCUT2D eigenvalue weighted by Crippen LogP contribution is -2.53. The van der Waals surface area contributed by atoms with E-state index in [1.54, 1.807) is 7.11 Å². The van der Waals surface area contributed by atoms with E-state index in [1.807, 2.05) is 6.07 Å². The van der Waals surface area contributed by atoms with Crippen molar-refractivity contribution >= 4 is 33.6 Å². The number of anilines is 1. The van der Waals surface area contributed by atoms with Gasteiger partial charge in [0.05, 0.1) is 12.8 Å². The molecule has 0 amide bonds. The van der Waals surface area contributed by atoms with Crippen molar-refractivity contribution in [2.24, 2.45) is 0 Å². The number of hydrogen-bond acceptors (Lipinski definition) is 6. The smallest absolute Gasteiger partial charge is 0.414 e. The Morgan fingerprint density at radius 1 is 0.912 bits per heavy atom. The number of methoxy groups -OCH3 is 1. The van der Waals surface area contributed by atoms with Gasteiger partial charge in [-0.1, -0.05) is 46.3 Å². The number of likely N-dealkylation sites (tertiary alicyclic amines) is 1. The largest absolute Gasteiger partial charge is 0.495 e. The Labute approximate surface area is 208 Å². The zero-order chi connectivity index (χ0) is 24.5. The molecular weight excluding hydrogens is 502 g/mol. The number of carbonyl (C=O) groups is 2. The molecule has 4 rings (SSSR count). The van der Waals surface area contributed by atoms with Gasteiger partial charge in [-0.2, -0.15) is 0 Å². The van der Waals surface area contributed by atoms with Crippen molar-refractivity contribution in [1.82, 2.24) is 9.80 Å². The third kappa shape index (κ3) is 7.19. The summed E-state index contributed by atoms with van der Waals surface area (Å²) in [6.07, 6.45) is 2.55. The van der Waals surface area contributed by atoms with Crippen LogP contribution in [0.3, 0.4) is 0 Å². The number of halogens is 1. The lowest BCUT2D eigenvalue weighted by atomic mass is 10.0. The maximum atomic E-state index is 9.10. The lowest BCUT2D eigenvalue weighted by molar-refractivity contribution is -0.159. The van der Waals surface area contributed by atoms with Crippen LogP contribution in [0, 0.1) is 0 Å². The molecule has 2 aromatic carbocycles. The van der Waals surface area contributed by atoms with Crippen LogP contribution in [0.1, 0.15) is 18.4 Å². The number of ether oxygens (including phenoxy) is 1. The predicted molar refractivity (Wildman–Crippen MR) is 134 cm³/mol. The van der Waals surface area contributed by atoms with E-state index in [2.05, 4.69) is 73.1 Å². The maximum Gasteiger partial charge on any atom is 0.414 e. The Morgan fingerprint density at radius 3 is 2.09 bits per heavy atom. The van der Waals surface area contributed by atoms with Crippen molar-refractivity contribution in [2.75, 3.05) is 51.3 Å². The minimum absolute atomic E-state index is 0.732. The molecule has 2 saturated heterocycles. The van der Waals surface area contributed by atoms with Crippen molar-refractivity contribution < 1.29 is 24.5 Å². The second-order valence-electron chi connectivity index (χ2n) is 8.40. The lowest BCUT2D eigenvalue weighted by Gasteiger charge is -2.43. The zero-order valence-electron chi connectivity index (χ0n) is 19.4. The second-order valence-corrected chi connectivity index (χ2v) is 9.26. The highest BCUT2D eigenvalue weighted by Crippen LogP contribution is 2.29. The van der Waals surface area contributed by atoms with Crippen LogP contribution in [-0.2, 0) is 16.1 Å². The first-order chi connectivity index (χ1) is 16.4. The summed E-state index contributed by atoms with van der Waals surface area (Å²) >= 11 is 3.68.